The highest BCUT2D eigenvalue weighted by Crippen LogP contribution is 2.27. The molecule has 1 heterocycles. The molecule has 3 N–H and O–H groups in total. The maximum Gasteiger partial charge on any atom is 0.261 e. The Morgan fingerprint density at radius 2 is 1.81 bits per heavy atom. The second kappa shape index (κ2) is 8.01. The van der Waals surface area contributed by atoms with Crippen LogP contribution < -0.4 is 10.6 Å². The summed E-state index contributed by atoms with van der Waals surface area (Å²) in [6.07, 6.45) is 0. The van der Waals surface area contributed by atoms with Crippen molar-refractivity contribution in [1.29, 1.82) is 0 Å². The van der Waals surface area contributed by atoms with Gasteiger partial charge in [-0.25, -0.2) is 4.98 Å². The summed E-state index contributed by atoms with van der Waals surface area (Å²) in [7, 11) is 0. The van der Waals surface area contributed by atoms with Gasteiger partial charge >= 0.3 is 0 Å². The third-order valence-electron chi connectivity index (χ3n) is 4.00. The fraction of sp³-hybridized carbons (Fsp3) is 0.150. The zero-order valence-corrected chi connectivity index (χ0v) is 15.7. The van der Waals surface area contributed by atoms with Gasteiger partial charge in [-0.15, -0.1) is 11.3 Å². The molecular formula is C20H19N3O3S. The molecule has 0 fully saturated rings. The molecule has 3 aromatic rings. The summed E-state index contributed by atoms with van der Waals surface area (Å²) in [5, 5.41) is 17.6. The highest BCUT2D eigenvalue weighted by atomic mass is 32.1. The molecule has 0 aliphatic carbocycles. The van der Waals surface area contributed by atoms with E-state index in [9.17, 15) is 14.7 Å². The van der Waals surface area contributed by atoms with Gasteiger partial charge in [-0.1, -0.05) is 36.4 Å². The van der Waals surface area contributed by atoms with Crippen LogP contribution in [-0.4, -0.2) is 21.9 Å². The van der Waals surface area contributed by atoms with Crippen LogP contribution >= 0.6 is 11.3 Å². The van der Waals surface area contributed by atoms with Crippen molar-refractivity contribution in [2.75, 3.05) is 5.32 Å². The number of amides is 2. The number of aromatic hydroxyl groups is 1. The zero-order chi connectivity index (χ0) is 19.4. The normalized spacial score (nSPS) is 11.6. The van der Waals surface area contributed by atoms with Gasteiger partial charge < -0.3 is 10.4 Å². The van der Waals surface area contributed by atoms with Crippen molar-refractivity contribution in [1.82, 2.24) is 10.3 Å². The molecule has 0 aliphatic rings. The van der Waals surface area contributed by atoms with Crippen LogP contribution in [0.3, 0.4) is 0 Å². The Kier molecular flexibility index (Phi) is 5.52. The lowest BCUT2D eigenvalue weighted by molar-refractivity contribution is -0.119. The Morgan fingerprint density at radius 1 is 1.11 bits per heavy atom. The zero-order valence-electron chi connectivity index (χ0n) is 14.9. The van der Waals surface area contributed by atoms with E-state index in [2.05, 4.69) is 15.6 Å². The molecule has 6 nitrogen and oxygen atoms in total. The van der Waals surface area contributed by atoms with E-state index in [1.54, 1.807) is 18.2 Å². The van der Waals surface area contributed by atoms with Gasteiger partial charge in [0.15, 0.2) is 5.13 Å². The van der Waals surface area contributed by atoms with Crippen molar-refractivity contribution in [3.8, 4) is 17.0 Å². The number of aromatic nitrogens is 1. The van der Waals surface area contributed by atoms with Crippen molar-refractivity contribution >= 4 is 28.3 Å². The molecule has 0 aliphatic heterocycles. The van der Waals surface area contributed by atoms with Gasteiger partial charge in [-0.2, -0.15) is 0 Å². The molecule has 0 saturated carbocycles. The Labute approximate surface area is 160 Å². The van der Waals surface area contributed by atoms with Crippen molar-refractivity contribution in [3.63, 3.8) is 0 Å². The average Bonchev–Trinajstić information content (AvgIpc) is 3.10. The van der Waals surface area contributed by atoms with Gasteiger partial charge in [-0.05, 0) is 24.6 Å². The summed E-state index contributed by atoms with van der Waals surface area (Å²) in [5.74, 6) is -0.556. The van der Waals surface area contributed by atoms with E-state index < -0.39 is 5.91 Å². The molecule has 0 saturated heterocycles. The van der Waals surface area contributed by atoms with Gasteiger partial charge in [0.2, 0.25) is 5.91 Å². The largest absolute Gasteiger partial charge is 0.507 e. The standard InChI is InChI=1S/C20H19N3O3S/c1-12(21-13(2)24)14-7-9-15(10-8-14)17-11-27-20(22-17)23-19(26)16-5-3-4-6-18(16)25/h3-12,25H,1-2H3,(H,21,24)(H,22,23,26). The first-order chi connectivity index (χ1) is 12.9. The molecular weight excluding hydrogens is 362 g/mol. The SMILES string of the molecule is CC(=O)NC(C)c1ccc(-c2csc(NC(=O)c3ccccc3O)n2)cc1. The van der Waals surface area contributed by atoms with Crippen molar-refractivity contribution in [2.45, 2.75) is 19.9 Å². The van der Waals surface area contributed by atoms with E-state index in [4.69, 9.17) is 0 Å². The summed E-state index contributed by atoms with van der Waals surface area (Å²) < 4.78 is 0. The molecule has 1 aromatic heterocycles. The number of nitrogens with zero attached hydrogens (tertiary/aromatic N) is 1. The van der Waals surface area contributed by atoms with Crippen molar-refractivity contribution in [3.05, 3.63) is 65.0 Å². The highest BCUT2D eigenvalue weighted by molar-refractivity contribution is 7.14. The van der Waals surface area contributed by atoms with Crippen LogP contribution in [0.5, 0.6) is 5.75 Å². The molecule has 0 radical (unpaired) electrons. The minimum Gasteiger partial charge on any atom is -0.507 e. The first kappa shape index (κ1) is 18.6. The fourth-order valence-electron chi connectivity index (χ4n) is 2.62. The second-order valence-electron chi connectivity index (χ2n) is 6.05. The number of carbonyl (C=O) groups excluding carboxylic acids is 2. The number of nitrogens with one attached hydrogen (secondary N) is 2. The maximum atomic E-state index is 12.2. The monoisotopic (exact) mass is 381 g/mol. The lowest BCUT2D eigenvalue weighted by atomic mass is 10.1. The quantitative estimate of drug-likeness (QED) is 0.624. The third kappa shape index (κ3) is 4.51. The van der Waals surface area contributed by atoms with Crippen molar-refractivity contribution < 1.29 is 14.7 Å². The third-order valence-corrected chi connectivity index (χ3v) is 4.76. The van der Waals surface area contributed by atoms with Crippen LogP contribution in [0.25, 0.3) is 11.3 Å². The summed E-state index contributed by atoms with van der Waals surface area (Å²) in [5.41, 5.74) is 2.85. The van der Waals surface area contributed by atoms with E-state index in [-0.39, 0.29) is 23.3 Å². The van der Waals surface area contributed by atoms with Gasteiger partial charge in [0.25, 0.3) is 5.91 Å². The number of para-hydroxylation sites is 1. The van der Waals surface area contributed by atoms with Crippen LogP contribution in [-0.2, 0) is 4.79 Å². The molecule has 2 amide bonds. The number of rotatable bonds is 5. The number of thiazole rings is 1. The number of hydrogen-bond donors (Lipinski definition) is 3. The van der Waals surface area contributed by atoms with E-state index in [0.29, 0.717) is 5.13 Å². The second-order valence-corrected chi connectivity index (χ2v) is 6.91. The summed E-state index contributed by atoms with van der Waals surface area (Å²) in [6.45, 7) is 3.41. The van der Waals surface area contributed by atoms with Crippen LogP contribution in [0.2, 0.25) is 0 Å². The smallest absolute Gasteiger partial charge is 0.261 e. The number of anilines is 1. The van der Waals surface area contributed by atoms with Crippen LogP contribution in [0.4, 0.5) is 5.13 Å². The van der Waals surface area contributed by atoms with E-state index >= 15 is 0 Å². The first-order valence-electron chi connectivity index (χ1n) is 8.36. The number of phenols is 1. The minimum atomic E-state index is -0.409. The van der Waals surface area contributed by atoms with Crippen LogP contribution in [0.1, 0.15) is 35.8 Å². The Morgan fingerprint density at radius 3 is 2.48 bits per heavy atom. The molecule has 3 rings (SSSR count). The predicted octanol–water partition coefficient (Wildman–Crippen LogP) is 3.97. The topological polar surface area (TPSA) is 91.3 Å². The number of phenolic OH excluding ortho intramolecular Hbond substituents is 1. The molecule has 7 heteroatoms. The summed E-state index contributed by atoms with van der Waals surface area (Å²) in [4.78, 5) is 27.8. The molecule has 1 atom stereocenters. The van der Waals surface area contributed by atoms with Gasteiger partial charge in [0.1, 0.15) is 5.75 Å². The molecule has 27 heavy (non-hydrogen) atoms. The Bertz CT molecular complexity index is 967. The fourth-order valence-corrected chi connectivity index (χ4v) is 3.34. The van der Waals surface area contributed by atoms with E-state index in [1.807, 2.05) is 36.6 Å². The molecule has 1 unspecified atom stereocenters. The van der Waals surface area contributed by atoms with Gasteiger partial charge in [-0.3, -0.25) is 14.9 Å². The molecule has 138 valence electrons. The summed E-state index contributed by atoms with van der Waals surface area (Å²) in [6, 6.07) is 14.0. The lowest BCUT2D eigenvalue weighted by Crippen LogP contribution is -2.23. The van der Waals surface area contributed by atoms with Crippen LogP contribution in [0.15, 0.2) is 53.9 Å². The van der Waals surface area contributed by atoms with E-state index in [1.165, 1.54) is 24.3 Å². The van der Waals surface area contributed by atoms with E-state index in [0.717, 1.165) is 16.8 Å². The molecule has 0 bridgehead atoms. The molecule has 0 spiro atoms. The van der Waals surface area contributed by atoms with Crippen molar-refractivity contribution in [2.24, 2.45) is 0 Å². The minimum absolute atomic E-state index is 0.0691. The Hall–Kier alpha value is -3.19. The summed E-state index contributed by atoms with van der Waals surface area (Å²) >= 11 is 1.31. The number of hydrogen-bond acceptors (Lipinski definition) is 5. The first-order valence-corrected chi connectivity index (χ1v) is 9.24. The Balaban J connectivity index is 1.71. The lowest BCUT2D eigenvalue weighted by Gasteiger charge is -2.13. The average molecular weight is 381 g/mol. The number of benzene rings is 2. The van der Waals surface area contributed by atoms with Gasteiger partial charge in [0, 0.05) is 17.9 Å². The molecule has 2 aromatic carbocycles. The highest BCUT2D eigenvalue weighted by Gasteiger charge is 2.13. The predicted molar refractivity (Wildman–Crippen MR) is 106 cm³/mol. The van der Waals surface area contributed by atoms with Gasteiger partial charge in [0.05, 0.1) is 17.3 Å². The number of carbonyl (C=O) groups is 2. The maximum absolute atomic E-state index is 12.2. The van der Waals surface area contributed by atoms with Crippen LogP contribution in [0, 0.1) is 0 Å².